The van der Waals surface area contributed by atoms with Crippen LogP contribution in [-0.4, -0.2) is 23.8 Å². The van der Waals surface area contributed by atoms with E-state index < -0.39 is 42.1 Å². The fourth-order valence-corrected chi connectivity index (χ4v) is 1.49. The van der Waals surface area contributed by atoms with Crippen LogP contribution in [0.25, 0.3) is 0 Å². The zero-order chi connectivity index (χ0) is 13.0. The van der Waals surface area contributed by atoms with Crippen molar-refractivity contribution in [2.75, 3.05) is 0 Å². The van der Waals surface area contributed by atoms with E-state index in [1.807, 2.05) is 0 Å². The summed E-state index contributed by atoms with van der Waals surface area (Å²) in [4.78, 5) is 10.8. The molecule has 0 radical (unpaired) electrons. The van der Waals surface area contributed by atoms with Crippen molar-refractivity contribution < 1.29 is 35.5 Å². The molecule has 0 aromatic heterocycles. The number of halogens is 7. The Hall–Kier alpha value is -0.820. The van der Waals surface area contributed by atoms with Crippen molar-refractivity contribution in [3.8, 4) is 0 Å². The second-order valence-electron chi connectivity index (χ2n) is 3.78. The van der Waals surface area contributed by atoms with Gasteiger partial charge in [-0.05, 0) is 19.8 Å². The zero-order valence-electron chi connectivity index (χ0n) is 7.97. The van der Waals surface area contributed by atoms with E-state index in [1.165, 1.54) is 0 Å². The second-order valence-corrected chi connectivity index (χ2v) is 3.78. The van der Waals surface area contributed by atoms with Crippen LogP contribution in [0.4, 0.5) is 30.7 Å². The van der Waals surface area contributed by atoms with Gasteiger partial charge in [0.15, 0.2) is 0 Å². The van der Waals surface area contributed by atoms with Crippen LogP contribution in [0.5, 0.6) is 0 Å². The number of carbonyl (C=O) groups excluding carboxylic acids is 1. The standard InChI is InChI=1S/C8H7F7O/c1-4(16)5(2-3-5)6(9,10)7(11,12)8(13,14)15/h2-3H2,1H3. The molecule has 1 rings (SSSR count). The van der Waals surface area contributed by atoms with Crippen molar-refractivity contribution in [3.63, 3.8) is 0 Å². The van der Waals surface area contributed by atoms with Crippen LogP contribution >= 0.6 is 0 Å². The minimum atomic E-state index is -6.37. The Kier molecular flexibility index (Phi) is 2.57. The molecule has 94 valence electrons. The maximum absolute atomic E-state index is 13.1. The van der Waals surface area contributed by atoms with E-state index in [-0.39, 0.29) is 0 Å². The van der Waals surface area contributed by atoms with Gasteiger partial charge in [0, 0.05) is 0 Å². The van der Waals surface area contributed by atoms with Gasteiger partial charge in [0.05, 0.1) is 5.41 Å². The quantitative estimate of drug-likeness (QED) is 0.705. The van der Waals surface area contributed by atoms with Gasteiger partial charge in [0.1, 0.15) is 5.78 Å². The number of hydrogen-bond acceptors (Lipinski definition) is 1. The molecule has 0 spiro atoms. The summed E-state index contributed by atoms with van der Waals surface area (Å²) in [6.07, 6.45) is -7.68. The molecule has 1 aliphatic carbocycles. The first-order valence-electron chi connectivity index (χ1n) is 4.23. The van der Waals surface area contributed by atoms with Crippen molar-refractivity contribution in [1.82, 2.24) is 0 Å². The van der Waals surface area contributed by atoms with E-state index in [0.717, 1.165) is 0 Å². The molecule has 1 saturated carbocycles. The van der Waals surface area contributed by atoms with Crippen LogP contribution in [0.2, 0.25) is 0 Å². The first-order chi connectivity index (χ1) is 6.90. The Morgan fingerprint density at radius 3 is 1.56 bits per heavy atom. The predicted octanol–water partition coefficient (Wildman–Crippen LogP) is 3.19. The van der Waals surface area contributed by atoms with E-state index in [1.54, 1.807) is 0 Å². The van der Waals surface area contributed by atoms with E-state index in [9.17, 15) is 35.5 Å². The normalized spacial score (nSPS) is 20.8. The number of Topliss-reactive ketones (excluding diaryl/α,β-unsaturated/α-hetero) is 1. The molecule has 0 heterocycles. The number of carbonyl (C=O) groups is 1. The first kappa shape index (κ1) is 13.2. The Bertz CT molecular complexity index is 313. The Balaban J connectivity index is 3.17. The fraction of sp³-hybridized carbons (Fsp3) is 0.875. The average Bonchev–Trinajstić information content (AvgIpc) is 2.80. The molecule has 16 heavy (non-hydrogen) atoms. The third-order valence-electron chi connectivity index (χ3n) is 2.78. The minimum absolute atomic E-state index is 0.591. The number of ketones is 1. The molecule has 0 aromatic carbocycles. The lowest BCUT2D eigenvalue weighted by Crippen LogP contribution is -2.58. The van der Waals surface area contributed by atoms with Gasteiger partial charge in [-0.3, -0.25) is 4.79 Å². The summed E-state index contributed by atoms with van der Waals surface area (Å²) in [7, 11) is 0. The van der Waals surface area contributed by atoms with E-state index in [4.69, 9.17) is 0 Å². The van der Waals surface area contributed by atoms with Crippen molar-refractivity contribution in [2.24, 2.45) is 5.41 Å². The van der Waals surface area contributed by atoms with Gasteiger partial charge in [0.25, 0.3) is 0 Å². The lowest BCUT2D eigenvalue weighted by molar-refractivity contribution is -0.366. The Labute approximate surface area is 85.6 Å². The molecule has 0 atom stereocenters. The van der Waals surface area contributed by atoms with Crippen LogP contribution in [-0.2, 0) is 4.79 Å². The van der Waals surface area contributed by atoms with Crippen molar-refractivity contribution in [1.29, 1.82) is 0 Å². The maximum Gasteiger partial charge on any atom is 0.459 e. The fourth-order valence-electron chi connectivity index (χ4n) is 1.49. The van der Waals surface area contributed by atoms with Gasteiger partial charge in [0.2, 0.25) is 0 Å². The van der Waals surface area contributed by atoms with Gasteiger partial charge < -0.3 is 0 Å². The average molecular weight is 252 g/mol. The van der Waals surface area contributed by atoms with Crippen LogP contribution in [0.15, 0.2) is 0 Å². The van der Waals surface area contributed by atoms with Gasteiger partial charge in [-0.1, -0.05) is 0 Å². The lowest BCUT2D eigenvalue weighted by atomic mass is 9.88. The highest BCUT2D eigenvalue weighted by molar-refractivity contribution is 5.86. The van der Waals surface area contributed by atoms with E-state index in [0.29, 0.717) is 6.92 Å². The summed E-state index contributed by atoms with van der Waals surface area (Å²) in [6, 6.07) is 0. The SMILES string of the molecule is CC(=O)C1(C(F)(F)C(F)(F)C(F)(F)F)CC1. The molecule has 0 unspecified atom stereocenters. The van der Waals surface area contributed by atoms with Crippen molar-refractivity contribution in [2.45, 2.75) is 37.8 Å². The molecule has 1 aliphatic rings. The second kappa shape index (κ2) is 3.10. The highest BCUT2D eigenvalue weighted by Gasteiger charge is 2.83. The highest BCUT2D eigenvalue weighted by Crippen LogP contribution is 2.65. The summed E-state index contributed by atoms with van der Waals surface area (Å²) < 4.78 is 86.8. The number of alkyl halides is 7. The maximum atomic E-state index is 13.1. The molecule has 0 N–H and O–H groups in total. The molecule has 8 heteroatoms. The van der Waals surface area contributed by atoms with Crippen LogP contribution < -0.4 is 0 Å². The predicted molar refractivity (Wildman–Crippen MR) is 38.3 cm³/mol. The molecule has 0 aromatic rings. The topological polar surface area (TPSA) is 17.1 Å². The molecule has 0 amide bonds. The summed E-state index contributed by atoms with van der Waals surface area (Å²) >= 11 is 0. The summed E-state index contributed by atoms with van der Waals surface area (Å²) in [5.41, 5.74) is -2.86. The summed E-state index contributed by atoms with van der Waals surface area (Å²) in [6.45, 7) is 0.591. The van der Waals surface area contributed by atoms with Crippen LogP contribution in [0.1, 0.15) is 19.8 Å². The summed E-state index contributed by atoms with van der Waals surface area (Å²) in [5, 5.41) is 0. The molecular formula is C8H7F7O. The van der Waals surface area contributed by atoms with Crippen molar-refractivity contribution in [3.05, 3.63) is 0 Å². The number of rotatable bonds is 3. The molecule has 0 saturated heterocycles. The van der Waals surface area contributed by atoms with Gasteiger partial charge >= 0.3 is 18.0 Å². The third kappa shape index (κ3) is 1.41. The minimum Gasteiger partial charge on any atom is -0.299 e. The molecule has 1 fully saturated rings. The van der Waals surface area contributed by atoms with Crippen LogP contribution in [0.3, 0.4) is 0 Å². The van der Waals surface area contributed by atoms with Gasteiger partial charge in [-0.15, -0.1) is 0 Å². The summed E-state index contributed by atoms with van der Waals surface area (Å²) in [5.74, 6) is -12.9. The molecule has 0 bridgehead atoms. The Morgan fingerprint density at radius 1 is 1.00 bits per heavy atom. The zero-order valence-corrected chi connectivity index (χ0v) is 7.97. The molecule has 0 aliphatic heterocycles. The smallest absolute Gasteiger partial charge is 0.299 e. The lowest BCUT2D eigenvalue weighted by Gasteiger charge is -2.33. The Morgan fingerprint density at radius 2 is 1.38 bits per heavy atom. The van der Waals surface area contributed by atoms with E-state index >= 15 is 0 Å². The van der Waals surface area contributed by atoms with Crippen LogP contribution in [0, 0.1) is 5.41 Å². The van der Waals surface area contributed by atoms with Crippen molar-refractivity contribution >= 4 is 5.78 Å². The van der Waals surface area contributed by atoms with Gasteiger partial charge in [-0.2, -0.15) is 30.7 Å². The highest BCUT2D eigenvalue weighted by atomic mass is 19.4. The first-order valence-corrected chi connectivity index (χ1v) is 4.23. The molecular weight excluding hydrogens is 245 g/mol. The van der Waals surface area contributed by atoms with Gasteiger partial charge in [-0.25, -0.2) is 0 Å². The van der Waals surface area contributed by atoms with E-state index in [2.05, 4.69) is 0 Å². The molecule has 1 nitrogen and oxygen atoms in total. The largest absolute Gasteiger partial charge is 0.459 e. The third-order valence-corrected chi connectivity index (χ3v) is 2.78. The number of hydrogen-bond donors (Lipinski definition) is 0. The monoisotopic (exact) mass is 252 g/mol.